The number of anilines is 1. The zero-order valence-electron chi connectivity index (χ0n) is 12.6. The van der Waals surface area contributed by atoms with Crippen LogP contribution in [0.1, 0.15) is 25.3 Å². The van der Waals surface area contributed by atoms with Crippen molar-refractivity contribution in [2.75, 3.05) is 24.6 Å². The number of halogens is 3. The summed E-state index contributed by atoms with van der Waals surface area (Å²) in [5.41, 5.74) is -1.05. The van der Waals surface area contributed by atoms with Crippen LogP contribution in [0.2, 0.25) is 0 Å². The lowest BCUT2D eigenvalue weighted by molar-refractivity contribution is -0.137. The average molecular weight is 352 g/mol. The van der Waals surface area contributed by atoms with Crippen LogP contribution in [0.25, 0.3) is 0 Å². The van der Waals surface area contributed by atoms with Gasteiger partial charge in [0.05, 0.1) is 16.6 Å². The first kappa shape index (κ1) is 18.0. The summed E-state index contributed by atoms with van der Waals surface area (Å²) in [5.74, 6) is 0. The van der Waals surface area contributed by atoms with E-state index in [0.29, 0.717) is 32.2 Å². The van der Waals surface area contributed by atoms with Crippen molar-refractivity contribution in [1.29, 1.82) is 0 Å². The van der Waals surface area contributed by atoms with Gasteiger partial charge in [0, 0.05) is 25.4 Å². The third kappa shape index (κ3) is 4.36. The van der Waals surface area contributed by atoms with Gasteiger partial charge >= 0.3 is 6.18 Å². The predicted octanol–water partition coefficient (Wildman–Crippen LogP) is 2.36. The molecular formula is C14H19F3N2O3S. The zero-order valence-corrected chi connectivity index (χ0v) is 13.5. The Morgan fingerprint density at radius 1 is 1.39 bits per heavy atom. The fraction of sp³-hybridized carbons (Fsp3) is 0.571. The Kier molecular flexibility index (Phi) is 5.22. The molecule has 1 atom stereocenters. The topological polar surface area (TPSA) is 72.6 Å². The minimum Gasteiger partial charge on any atom is -0.377 e. The fourth-order valence-corrected chi connectivity index (χ4v) is 3.26. The number of hydrogen-bond donors (Lipinski definition) is 1. The average Bonchev–Trinajstić information content (AvgIpc) is 2.45. The van der Waals surface area contributed by atoms with E-state index in [4.69, 9.17) is 9.88 Å². The molecule has 0 spiro atoms. The molecule has 0 saturated carbocycles. The highest BCUT2D eigenvalue weighted by Crippen LogP contribution is 2.38. The summed E-state index contributed by atoms with van der Waals surface area (Å²) in [6.07, 6.45) is -3.30. The Balaban J connectivity index is 2.41. The van der Waals surface area contributed by atoms with Crippen molar-refractivity contribution in [2.45, 2.75) is 36.9 Å². The minimum atomic E-state index is -4.67. The lowest BCUT2D eigenvalue weighted by atomic mass is 10.0. The van der Waals surface area contributed by atoms with Crippen molar-refractivity contribution < 1.29 is 26.3 Å². The number of alkyl halides is 3. The molecule has 130 valence electrons. The first-order valence-electron chi connectivity index (χ1n) is 7.23. The number of piperidine rings is 1. The smallest absolute Gasteiger partial charge is 0.377 e. The number of hydrogen-bond acceptors (Lipinski definition) is 4. The van der Waals surface area contributed by atoms with Crippen LogP contribution >= 0.6 is 0 Å². The second kappa shape index (κ2) is 6.66. The van der Waals surface area contributed by atoms with Gasteiger partial charge in [-0.05, 0) is 38.0 Å². The van der Waals surface area contributed by atoms with Crippen LogP contribution in [0.4, 0.5) is 18.9 Å². The van der Waals surface area contributed by atoms with Gasteiger partial charge in [-0.2, -0.15) is 13.2 Å². The van der Waals surface area contributed by atoms with E-state index >= 15 is 0 Å². The van der Waals surface area contributed by atoms with Crippen molar-refractivity contribution in [3.05, 3.63) is 23.8 Å². The Bertz CT molecular complexity index is 660. The van der Waals surface area contributed by atoms with Crippen LogP contribution in [-0.2, 0) is 20.9 Å². The molecule has 1 aromatic carbocycles. The van der Waals surface area contributed by atoms with E-state index in [1.54, 1.807) is 4.90 Å². The molecule has 0 aliphatic carbocycles. The van der Waals surface area contributed by atoms with Gasteiger partial charge in [-0.15, -0.1) is 0 Å². The SMILES string of the molecule is CCOC1CCCN(c2ccc(S(N)(=O)=O)cc2C(F)(F)F)C1. The molecule has 1 aromatic rings. The highest BCUT2D eigenvalue weighted by atomic mass is 32.2. The highest BCUT2D eigenvalue weighted by molar-refractivity contribution is 7.89. The highest BCUT2D eigenvalue weighted by Gasteiger charge is 2.37. The Hall–Kier alpha value is -1.32. The summed E-state index contributed by atoms with van der Waals surface area (Å²) in [5, 5.41) is 4.93. The molecule has 1 saturated heterocycles. The standard InChI is InChI=1S/C14H19F3N2O3S/c1-2-22-10-4-3-7-19(9-10)13-6-5-11(23(18,20)21)8-12(13)14(15,16)17/h5-6,8,10H,2-4,7,9H2,1H3,(H2,18,20,21). The molecule has 0 aromatic heterocycles. The minimum absolute atomic E-state index is 0.0469. The van der Waals surface area contributed by atoms with E-state index in [9.17, 15) is 21.6 Å². The number of primary sulfonamides is 1. The molecule has 9 heteroatoms. The summed E-state index contributed by atoms with van der Waals surface area (Å²) < 4.78 is 68.1. The summed E-state index contributed by atoms with van der Waals surface area (Å²) in [6, 6.07) is 2.86. The monoisotopic (exact) mass is 352 g/mol. The van der Waals surface area contributed by atoms with Gasteiger partial charge in [0.25, 0.3) is 0 Å². The summed E-state index contributed by atoms with van der Waals surface area (Å²) >= 11 is 0. The maximum atomic E-state index is 13.3. The first-order valence-corrected chi connectivity index (χ1v) is 8.78. The van der Waals surface area contributed by atoms with Gasteiger partial charge in [-0.3, -0.25) is 0 Å². The van der Waals surface area contributed by atoms with E-state index in [-0.39, 0.29) is 11.8 Å². The largest absolute Gasteiger partial charge is 0.418 e. The number of sulfonamides is 1. The molecule has 2 rings (SSSR count). The van der Waals surface area contributed by atoms with Crippen LogP contribution in [0.5, 0.6) is 0 Å². The van der Waals surface area contributed by atoms with E-state index in [0.717, 1.165) is 18.6 Å². The maximum Gasteiger partial charge on any atom is 0.418 e. The Morgan fingerprint density at radius 3 is 2.65 bits per heavy atom. The quantitative estimate of drug-likeness (QED) is 0.903. The molecule has 23 heavy (non-hydrogen) atoms. The molecule has 1 heterocycles. The summed E-state index contributed by atoms with van der Waals surface area (Å²) in [4.78, 5) is 1.03. The normalized spacial score (nSPS) is 19.9. The van der Waals surface area contributed by atoms with Crippen LogP contribution in [0, 0.1) is 0 Å². The van der Waals surface area contributed by atoms with Crippen LogP contribution in [0.15, 0.2) is 23.1 Å². The molecule has 1 aliphatic rings. The van der Waals surface area contributed by atoms with Gasteiger partial charge in [0.15, 0.2) is 0 Å². The fourth-order valence-electron chi connectivity index (χ4n) is 2.72. The second-order valence-electron chi connectivity index (χ2n) is 5.39. The van der Waals surface area contributed by atoms with Gasteiger partial charge < -0.3 is 9.64 Å². The molecule has 0 amide bonds. The predicted molar refractivity (Wildman–Crippen MR) is 79.7 cm³/mol. The maximum absolute atomic E-state index is 13.3. The van der Waals surface area contributed by atoms with Crippen LogP contribution in [0.3, 0.4) is 0 Å². The van der Waals surface area contributed by atoms with Crippen LogP contribution in [-0.4, -0.2) is 34.2 Å². The molecule has 0 bridgehead atoms. The number of nitrogens with two attached hydrogens (primary N) is 1. The lowest BCUT2D eigenvalue weighted by Gasteiger charge is -2.35. The molecule has 5 nitrogen and oxygen atoms in total. The van der Waals surface area contributed by atoms with Gasteiger partial charge in [0.2, 0.25) is 10.0 Å². The molecular weight excluding hydrogens is 333 g/mol. The van der Waals surface area contributed by atoms with Crippen molar-refractivity contribution in [3.63, 3.8) is 0 Å². The second-order valence-corrected chi connectivity index (χ2v) is 6.95. The summed E-state index contributed by atoms with van der Waals surface area (Å²) in [7, 11) is -4.20. The van der Waals surface area contributed by atoms with Gasteiger partial charge in [-0.25, -0.2) is 13.6 Å². The van der Waals surface area contributed by atoms with Crippen molar-refractivity contribution in [1.82, 2.24) is 0 Å². The van der Waals surface area contributed by atoms with Crippen molar-refractivity contribution in [3.8, 4) is 0 Å². The van der Waals surface area contributed by atoms with E-state index in [2.05, 4.69) is 0 Å². The molecule has 2 N–H and O–H groups in total. The third-order valence-electron chi connectivity index (χ3n) is 3.72. The number of ether oxygens (including phenoxy) is 1. The lowest BCUT2D eigenvalue weighted by Crippen LogP contribution is -2.40. The van der Waals surface area contributed by atoms with E-state index in [1.807, 2.05) is 6.92 Å². The first-order chi connectivity index (χ1) is 10.6. The Labute approximate surface area is 133 Å². The molecule has 1 aliphatic heterocycles. The summed E-state index contributed by atoms with van der Waals surface area (Å²) in [6.45, 7) is 3.13. The van der Waals surface area contributed by atoms with Crippen LogP contribution < -0.4 is 10.0 Å². The van der Waals surface area contributed by atoms with E-state index < -0.39 is 26.7 Å². The Morgan fingerprint density at radius 2 is 2.09 bits per heavy atom. The molecule has 1 fully saturated rings. The van der Waals surface area contributed by atoms with Gasteiger partial charge in [0.1, 0.15) is 0 Å². The van der Waals surface area contributed by atoms with Crippen molar-refractivity contribution in [2.24, 2.45) is 5.14 Å². The number of rotatable bonds is 4. The molecule has 0 radical (unpaired) electrons. The van der Waals surface area contributed by atoms with E-state index in [1.165, 1.54) is 0 Å². The van der Waals surface area contributed by atoms with Gasteiger partial charge in [-0.1, -0.05) is 0 Å². The number of nitrogens with zero attached hydrogens (tertiary/aromatic N) is 1. The van der Waals surface area contributed by atoms with Crippen molar-refractivity contribution >= 4 is 15.7 Å². The number of benzene rings is 1. The molecule has 1 unspecified atom stereocenters. The zero-order chi connectivity index (χ0) is 17.3. The third-order valence-corrected chi connectivity index (χ3v) is 4.63.